The van der Waals surface area contributed by atoms with Gasteiger partial charge < -0.3 is 10.1 Å². The summed E-state index contributed by atoms with van der Waals surface area (Å²) in [6, 6.07) is 12.6. The molecule has 3 unspecified atom stereocenters. The van der Waals surface area contributed by atoms with Crippen molar-refractivity contribution in [3.8, 4) is 16.9 Å². The molecule has 2 aromatic carbocycles. The van der Waals surface area contributed by atoms with Gasteiger partial charge in [-0.05, 0) is 73.3 Å². The lowest BCUT2D eigenvalue weighted by Crippen LogP contribution is -2.38. The van der Waals surface area contributed by atoms with Crippen LogP contribution in [-0.2, 0) is 4.74 Å². The van der Waals surface area contributed by atoms with Crippen LogP contribution in [0.25, 0.3) is 16.9 Å². The van der Waals surface area contributed by atoms with Crippen LogP contribution >= 0.6 is 34.8 Å². The summed E-state index contributed by atoms with van der Waals surface area (Å²) in [7, 11) is 0. The summed E-state index contributed by atoms with van der Waals surface area (Å²) < 4.78 is 8.01. The van der Waals surface area contributed by atoms with Gasteiger partial charge in [0, 0.05) is 27.7 Å². The maximum Gasteiger partial charge on any atom is 0.272 e. The van der Waals surface area contributed by atoms with Gasteiger partial charge >= 0.3 is 0 Å². The molecule has 5 rings (SSSR count). The van der Waals surface area contributed by atoms with Gasteiger partial charge in [0.25, 0.3) is 5.91 Å². The van der Waals surface area contributed by atoms with E-state index in [1.165, 1.54) is 12.8 Å². The van der Waals surface area contributed by atoms with Crippen molar-refractivity contribution in [2.45, 2.75) is 53.1 Å². The largest absolute Gasteiger partial charge is 0.376 e. The summed E-state index contributed by atoms with van der Waals surface area (Å²) in [4.78, 5) is 13.3. The third kappa shape index (κ3) is 4.58. The summed E-state index contributed by atoms with van der Waals surface area (Å²) in [5.41, 5.74) is 3.84. The minimum absolute atomic E-state index is 0.197. The van der Waals surface area contributed by atoms with E-state index in [2.05, 4.69) is 31.2 Å². The number of halogens is 3. The predicted octanol–water partition coefficient (Wildman–Crippen LogP) is 7.77. The van der Waals surface area contributed by atoms with Crippen LogP contribution in [0.1, 0.15) is 56.1 Å². The predicted molar refractivity (Wildman–Crippen MR) is 150 cm³/mol. The molecule has 0 radical (unpaired) electrons. The van der Waals surface area contributed by atoms with Gasteiger partial charge in [-0.15, -0.1) is 0 Å². The Morgan fingerprint density at radius 2 is 1.81 bits per heavy atom. The molecule has 2 saturated carbocycles. The molecule has 0 aliphatic heterocycles. The van der Waals surface area contributed by atoms with E-state index in [0.29, 0.717) is 45.0 Å². The number of amides is 1. The van der Waals surface area contributed by atoms with Gasteiger partial charge in [-0.2, -0.15) is 5.10 Å². The minimum Gasteiger partial charge on any atom is -0.376 e. The number of carbonyl (C=O) groups excluding carboxylic acids is 1. The minimum atomic E-state index is -0.250. The van der Waals surface area contributed by atoms with E-state index in [1.807, 2.05) is 31.2 Å². The van der Waals surface area contributed by atoms with Crippen LogP contribution in [0.2, 0.25) is 15.1 Å². The monoisotopic (exact) mass is 559 g/mol. The van der Waals surface area contributed by atoms with Gasteiger partial charge in [0.2, 0.25) is 0 Å². The smallest absolute Gasteiger partial charge is 0.272 e. The second-order valence-electron chi connectivity index (χ2n) is 11.1. The number of nitrogens with one attached hydrogen (secondary N) is 1. The van der Waals surface area contributed by atoms with E-state index in [-0.39, 0.29) is 17.4 Å². The summed E-state index contributed by atoms with van der Waals surface area (Å²) in [5.74, 6) is 0.467. The van der Waals surface area contributed by atoms with Gasteiger partial charge in [-0.25, -0.2) is 4.68 Å². The Kier molecular flexibility index (Phi) is 7.12. The normalized spacial score (nSPS) is 24.0. The lowest BCUT2D eigenvalue weighted by atomic mass is 9.70. The molecule has 2 fully saturated rings. The molecule has 2 bridgehead atoms. The van der Waals surface area contributed by atoms with Crippen LogP contribution in [0.3, 0.4) is 0 Å². The Balaban J connectivity index is 1.35. The Morgan fingerprint density at radius 1 is 1.11 bits per heavy atom. The van der Waals surface area contributed by atoms with Crippen molar-refractivity contribution in [3.05, 3.63) is 68.8 Å². The maximum atomic E-state index is 13.3. The van der Waals surface area contributed by atoms with Gasteiger partial charge in [0.05, 0.1) is 29.1 Å². The molecule has 2 aliphatic carbocycles. The van der Waals surface area contributed by atoms with Gasteiger partial charge in [0.1, 0.15) is 0 Å². The first-order valence-electron chi connectivity index (χ1n) is 12.7. The molecule has 2 aliphatic rings. The number of ether oxygens (including phenoxy) is 1. The fourth-order valence-corrected chi connectivity index (χ4v) is 6.93. The Hall–Kier alpha value is -2.05. The molecule has 1 heterocycles. The molecule has 37 heavy (non-hydrogen) atoms. The van der Waals surface area contributed by atoms with Crippen molar-refractivity contribution in [3.63, 3.8) is 0 Å². The number of benzene rings is 2. The first-order valence-corrected chi connectivity index (χ1v) is 13.9. The van der Waals surface area contributed by atoms with Gasteiger partial charge in [-0.3, -0.25) is 4.79 Å². The highest BCUT2D eigenvalue weighted by Crippen LogP contribution is 2.66. The zero-order valence-electron chi connectivity index (χ0n) is 21.6. The molecule has 1 amide bonds. The number of aromatic nitrogens is 2. The quantitative estimate of drug-likeness (QED) is 0.300. The summed E-state index contributed by atoms with van der Waals surface area (Å²) >= 11 is 18.8. The zero-order chi connectivity index (χ0) is 26.5. The SMILES string of the molecule is Cc1c(C(=O)NCCOC2CC3CCC2(C)C3(C)C)nn(-c2ccc(Cl)cc2Cl)c1-c1ccc(Cl)cc1. The third-order valence-corrected chi connectivity index (χ3v) is 9.80. The molecule has 1 aromatic heterocycles. The van der Waals surface area contributed by atoms with Crippen LogP contribution < -0.4 is 5.32 Å². The van der Waals surface area contributed by atoms with E-state index in [4.69, 9.17) is 39.5 Å². The number of nitrogens with zero attached hydrogens (tertiary/aromatic N) is 2. The molecule has 3 aromatic rings. The standard InChI is InChI=1S/C29H32Cl3N3O2/c1-17-25(27(36)33-13-14-37-24-15-19-11-12-29(24,4)28(19,2)3)34-35(23-10-9-21(31)16-22(23)32)26(17)18-5-7-20(30)8-6-18/h5-10,16,19,24H,11-15H2,1-4H3,(H,33,36). The van der Waals surface area contributed by atoms with Crippen molar-refractivity contribution in [2.75, 3.05) is 13.2 Å². The highest BCUT2D eigenvalue weighted by atomic mass is 35.5. The molecular weight excluding hydrogens is 529 g/mol. The van der Waals surface area contributed by atoms with E-state index in [0.717, 1.165) is 29.2 Å². The van der Waals surface area contributed by atoms with E-state index >= 15 is 0 Å². The van der Waals surface area contributed by atoms with Crippen LogP contribution in [0.15, 0.2) is 42.5 Å². The number of rotatable bonds is 7. The zero-order valence-corrected chi connectivity index (χ0v) is 23.8. The number of carbonyl (C=O) groups is 1. The van der Waals surface area contributed by atoms with E-state index in [1.54, 1.807) is 22.9 Å². The molecule has 3 atom stereocenters. The van der Waals surface area contributed by atoms with Crippen molar-refractivity contribution < 1.29 is 9.53 Å². The third-order valence-electron chi connectivity index (χ3n) is 9.01. The lowest BCUT2D eigenvalue weighted by Gasteiger charge is -2.38. The fourth-order valence-electron chi connectivity index (χ4n) is 6.32. The molecule has 1 N–H and O–H groups in total. The summed E-state index contributed by atoms with van der Waals surface area (Å²) in [6.07, 6.45) is 3.84. The second kappa shape index (κ2) is 9.92. The van der Waals surface area contributed by atoms with Crippen LogP contribution in [0.5, 0.6) is 0 Å². The maximum absolute atomic E-state index is 13.3. The number of hydrogen-bond donors (Lipinski definition) is 1. The van der Waals surface area contributed by atoms with Gasteiger partial charge in [0.15, 0.2) is 5.69 Å². The Morgan fingerprint density at radius 3 is 2.43 bits per heavy atom. The van der Waals surface area contributed by atoms with E-state index < -0.39 is 0 Å². The highest BCUT2D eigenvalue weighted by molar-refractivity contribution is 6.35. The second-order valence-corrected chi connectivity index (χ2v) is 12.3. The van der Waals surface area contributed by atoms with Crippen LogP contribution in [-0.4, -0.2) is 34.9 Å². The van der Waals surface area contributed by atoms with Crippen molar-refractivity contribution in [1.29, 1.82) is 0 Å². The Labute approximate surface area is 233 Å². The van der Waals surface area contributed by atoms with E-state index in [9.17, 15) is 4.79 Å². The fraction of sp³-hybridized carbons (Fsp3) is 0.448. The summed E-state index contributed by atoms with van der Waals surface area (Å²) in [5, 5.41) is 9.28. The van der Waals surface area contributed by atoms with Crippen molar-refractivity contribution in [2.24, 2.45) is 16.7 Å². The molecule has 5 nitrogen and oxygen atoms in total. The Bertz CT molecular complexity index is 1330. The van der Waals surface area contributed by atoms with Gasteiger partial charge in [-0.1, -0.05) is 67.7 Å². The highest BCUT2D eigenvalue weighted by Gasteiger charge is 2.61. The van der Waals surface area contributed by atoms with Crippen molar-refractivity contribution in [1.82, 2.24) is 15.1 Å². The van der Waals surface area contributed by atoms with Crippen LogP contribution in [0, 0.1) is 23.7 Å². The number of fused-ring (bicyclic) bond motifs is 2. The topological polar surface area (TPSA) is 56.1 Å². The summed E-state index contributed by atoms with van der Waals surface area (Å²) in [6.45, 7) is 9.89. The number of hydrogen-bond acceptors (Lipinski definition) is 3. The molecule has 0 spiro atoms. The average Bonchev–Trinajstić information content (AvgIpc) is 3.37. The molecule has 0 saturated heterocycles. The van der Waals surface area contributed by atoms with Crippen molar-refractivity contribution >= 4 is 40.7 Å². The van der Waals surface area contributed by atoms with Crippen LogP contribution in [0.4, 0.5) is 0 Å². The molecule has 196 valence electrons. The first kappa shape index (κ1) is 26.6. The molecule has 8 heteroatoms. The first-order chi connectivity index (χ1) is 17.5. The lowest BCUT2D eigenvalue weighted by molar-refractivity contribution is -0.0446. The molecular formula is C29H32Cl3N3O2. The average molecular weight is 561 g/mol.